The molecule has 7 heteroatoms. The number of nitrogens with zero attached hydrogens (tertiary/aromatic N) is 1. The van der Waals surface area contributed by atoms with Crippen molar-refractivity contribution in [3.05, 3.63) is 33.3 Å². The largest absolute Gasteiger partial charge is 0.360 e. The van der Waals surface area contributed by atoms with Gasteiger partial charge in [-0.2, -0.15) is 0 Å². The summed E-state index contributed by atoms with van der Waals surface area (Å²) in [5, 5.41) is 17.5. The fourth-order valence-electron chi connectivity index (χ4n) is 1.61. The van der Waals surface area contributed by atoms with Crippen LogP contribution in [0.15, 0.2) is 18.2 Å². The highest BCUT2D eigenvalue weighted by atomic mass is 35.5. The minimum Gasteiger partial charge on any atom is -0.360 e. The van der Waals surface area contributed by atoms with Crippen molar-refractivity contribution in [1.82, 2.24) is 5.32 Å². The molecule has 0 spiro atoms. The van der Waals surface area contributed by atoms with Crippen molar-refractivity contribution >= 4 is 40.3 Å². The van der Waals surface area contributed by atoms with Gasteiger partial charge in [-0.25, -0.2) is 0 Å². The fraction of sp³-hybridized carbons (Fsp3) is 0.417. The van der Waals surface area contributed by atoms with Crippen LogP contribution in [0.2, 0.25) is 5.02 Å². The predicted molar refractivity (Wildman–Crippen MR) is 81.8 cm³/mol. The molecule has 0 aliphatic rings. The number of non-ortho nitro benzene ring substituents is 1. The van der Waals surface area contributed by atoms with Gasteiger partial charge in [-0.1, -0.05) is 24.9 Å². The molecule has 19 heavy (non-hydrogen) atoms. The van der Waals surface area contributed by atoms with Crippen molar-refractivity contribution in [2.45, 2.75) is 32.7 Å². The maximum absolute atomic E-state index is 10.7. The molecule has 1 aromatic carbocycles. The molecule has 0 bridgehead atoms. The Bertz CT molecular complexity index is 482. The lowest BCUT2D eigenvalue weighted by Crippen LogP contribution is -2.35. The summed E-state index contributed by atoms with van der Waals surface area (Å²) < 4.78 is 0. The van der Waals surface area contributed by atoms with Crippen molar-refractivity contribution in [3.63, 3.8) is 0 Å². The van der Waals surface area contributed by atoms with Crippen LogP contribution in [0.3, 0.4) is 0 Å². The van der Waals surface area contributed by atoms with Crippen LogP contribution in [0, 0.1) is 10.1 Å². The van der Waals surface area contributed by atoms with E-state index in [2.05, 4.69) is 17.6 Å². The second kappa shape index (κ2) is 7.25. The molecule has 0 saturated heterocycles. The number of benzene rings is 1. The Balaban J connectivity index is 2.73. The summed E-state index contributed by atoms with van der Waals surface area (Å²) in [4.78, 5) is 10.2. The monoisotopic (exact) mass is 301 g/mol. The first-order chi connectivity index (χ1) is 8.93. The Hall–Kier alpha value is -1.40. The van der Waals surface area contributed by atoms with Crippen molar-refractivity contribution in [2.24, 2.45) is 0 Å². The van der Waals surface area contributed by atoms with Crippen LogP contribution in [-0.4, -0.2) is 16.1 Å². The molecule has 104 valence electrons. The van der Waals surface area contributed by atoms with Crippen molar-refractivity contribution in [2.75, 3.05) is 5.32 Å². The van der Waals surface area contributed by atoms with Crippen LogP contribution >= 0.6 is 23.8 Å². The van der Waals surface area contributed by atoms with Gasteiger partial charge in [0, 0.05) is 18.2 Å². The van der Waals surface area contributed by atoms with Gasteiger partial charge in [0.2, 0.25) is 0 Å². The van der Waals surface area contributed by atoms with E-state index in [-0.39, 0.29) is 11.7 Å². The van der Waals surface area contributed by atoms with Gasteiger partial charge in [-0.3, -0.25) is 10.1 Å². The average Bonchev–Trinajstić information content (AvgIpc) is 2.31. The predicted octanol–water partition coefficient (Wildman–Crippen LogP) is 3.72. The zero-order valence-corrected chi connectivity index (χ0v) is 12.3. The van der Waals surface area contributed by atoms with Gasteiger partial charge < -0.3 is 10.6 Å². The van der Waals surface area contributed by atoms with Crippen LogP contribution in [-0.2, 0) is 0 Å². The molecule has 1 rings (SSSR count). The van der Waals surface area contributed by atoms with E-state index in [1.807, 2.05) is 6.92 Å². The minimum atomic E-state index is -0.475. The van der Waals surface area contributed by atoms with E-state index in [0.29, 0.717) is 15.8 Å². The van der Waals surface area contributed by atoms with E-state index < -0.39 is 4.92 Å². The summed E-state index contributed by atoms with van der Waals surface area (Å²) in [6.07, 6.45) is 2.04. The number of rotatable bonds is 5. The van der Waals surface area contributed by atoms with Crippen LogP contribution in [0.4, 0.5) is 11.4 Å². The molecule has 0 heterocycles. The van der Waals surface area contributed by atoms with Crippen LogP contribution in [0.1, 0.15) is 26.7 Å². The molecule has 1 aromatic rings. The quantitative estimate of drug-likeness (QED) is 0.493. The Kier molecular flexibility index (Phi) is 5.98. The summed E-state index contributed by atoms with van der Waals surface area (Å²) in [6, 6.07) is 4.42. The van der Waals surface area contributed by atoms with Crippen molar-refractivity contribution in [1.29, 1.82) is 0 Å². The molecule has 5 nitrogen and oxygen atoms in total. The molecule has 0 aliphatic carbocycles. The molecule has 0 amide bonds. The van der Waals surface area contributed by atoms with Gasteiger partial charge >= 0.3 is 0 Å². The average molecular weight is 302 g/mol. The van der Waals surface area contributed by atoms with Gasteiger partial charge in [0.1, 0.15) is 0 Å². The van der Waals surface area contributed by atoms with E-state index in [4.69, 9.17) is 23.8 Å². The normalized spacial score (nSPS) is 11.7. The first-order valence-electron chi connectivity index (χ1n) is 5.95. The third-order valence-corrected chi connectivity index (χ3v) is 3.06. The third-order valence-electron chi connectivity index (χ3n) is 2.51. The van der Waals surface area contributed by atoms with Gasteiger partial charge in [0.15, 0.2) is 5.11 Å². The zero-order chi connectivity index (χ0) is 14.4. The summed E-state index contributed by atoms with van der Waals surface area (Å²) in [5.41, 5.74) is 0.397. The Morgan fingerprint density at radius 3 is 2.84 bits per heavy atom. The number of nitro benzene ring substituents is 1. The van der Waals surface area contributed by atoms with Gasteiger partial charge in [0.05, 0.1) is 15.6 Å². The Morgan fingerprint density at radius 2 is 2.26 bits per heavy atom. The number of hydrogen-bond donors (Lipinski definition) is 2. The van der Waals surface area contributed by atoms with Crippen LogP contribution in [0.25, 0.3) is 0 Å². The second-order valence-electron chi connectivity index (χ2n) is 4.21. The third kappa shape index (κ3) is 5.00. The Morgan fingerprint density at radius 1 is 1.58 bits per heavy atom. The molecular formula is C12H16ClN3O2S. The molecule has 0 aliphatic heterocycles. The Labute approximate surface area is 122 Å². The fourth-order valence-corrected chi connectivity index (χ4v) is 2.09. The number of nitro groups is 1. The van der Waals surface area contributed by atoms with Crippen LogP contribution in [0.5, 0.6) is 0 Å². The number of nitrogens with one attached hydrogen (secondary N) is 2. The maximum Gasteiger partial charge on any atom is 0.271 e. The highest BCUT2D eigenvalue weighted by Crippen LogP contribution is 2.26. The minimum absolute atomic E-state index is 0.0312. The zero-order valence-electron chi connectivity index (χ0n) is 10.8. The molecule has 0 unspecified atom stereocenters. The summed E-state index contributed by atoms with van der Waals surface area (Å²) in [5.74, 6) is 0. The number of thiocarbonyl (C=S) groups is 1. The van der Waals surface area contributed by atoms with E-state index in [0.717, 1.165) is 12.8 Å². The van der Waals surface area contributed by atoms with Gasteiger partial charge in [-0.15, -0.1) is 0 Å². The van der Waals surface area contributed by atoms with Crippen LogP contribution < -0.4 is 10.6 Å². The van der Waals surface area contributed by atoms with Gasteiger partial charge in [-0.05, 0) is 31.6 Å². The first kappa shape index (κ1) is 15.7. The van der Waals surface area contributed by atoms with Crippen molar-refractivity contribution in [3.8, 4) is 0 Å². The topological polar surface area (TPSA) is 67.2 Å². The lowest BCUT2D eigenvalue weighted by Gasteiger charge is -2.16. The maximum atomic E-state index is 10.7. The smallest absolute Gasteiger partial charge is 0.271 e. The van der Waals surface area contributed by atoms with E-state index in [1.54, 1.807) is 0 Å². The molecule has 0 radical (unpaired) electrons. The lowest BCUT2D eigenvalue weighted by molar-refractivity contribution is -0.384. The standard InChI is InChI=1S/C12H16ClN3O2S/c1-3-4-8(2)14-12(19)15-11-7-9(16(17)18)5-6-10(11)13/h5-8H,3-4H2,1-2H3,(H2,14,15,19)/t8-/m1/s1. The number of halogens is 1. The molecule has 0 fully saturated rings. The second-order valence-corrected chi connectivity index (χ2v) is 5.02. The number of hydrogen-bond acceptors (Lipinski definition) is 3. The SMILES string of the molecule is CCC[C@@H](C)NC(=S)Nc1cc([N+](=O)[O-])ccc1Cl. The van der Waals surface area contributed by atoms with E-state index >= 15 is 0 Å². The number of anilines is 1. The first-order valence-corrected chi connectivity index (χ1v) is 6.74. The van der Waals surface area contributed by atoms with Gasteiger partial charge in [0.25, 0.3) is 5.69 Å². The van der Waals surface area contributed by atoms with Crippen molar-refractivity contribution < 1.29 is 4.92 Å². The molecule has 2 N–H and O–H groups in total. The van der Waals surface area contributed by atoms with E-state index in [1.165, 1.54) is 18.2 Å². The van der Waals surface area contributed by atoms with E-state index in [9.17, 15) is 10.1 Å². The molecule has 0 aromatic heterocycles. The highest BCUT2D eigenvalue weighted by molar-refractivity contribution is 7.80. The summed E-state index contributed by atoms with van der Waals surface area (Å²) in [7, 11) is 0. The summed E-state index contributed by atoms with van der Waals surface area (Å²) in [6.45, 7) is 4.11. The molecule has 0 saturated carbocycles. The molecule has 1 atom stereocenters. The molecular weight excluding hydrogens is 286 g/mol. The highest BCUT2D eigenvalue weighted by Gasteiger charge is 2.11. The summed E-state index contributed by atoms with van der Waals surface area (Å²) >= 11 is 11.1. The lowest BCUT2D eigenvalue weighted by atomic mass is 10.2.